The number of amides is 1. The molecular formula is C14H18N4O3. The SMILES string of the molecule is CC1CC(CN)CN1c1cc2c(cc1[N+](=O)[O-])CC(=O)N2. The van der Waals surface area contributed by atoms with Crippen LogP contribution in [-0.4, -0.2) is 30.0 Å². The summed E-state index contributed by atoms with van der Waals surface area (Å²) in [6.07, 6.45) is 1.13. The number of rotatable bonds is 3. The second-order valence-electron chi connectivity index (χ2n) is 5.82. The molecule has 0 saturated carbocycles. The van der Waals surface area contributed by atoms with Crippen molar-refractivity contribution in [3.05, 3.63) is 27.8 Å². The number of carbonyl (C=O) groups excluding carboxylic acids is 1. The lowest BCUT2D eigenvalue weighted by Crippen LogP contribution is -2.28. The Morgan fingerprint density at radius 2 is 2.29 bits per heavy atom. The molecule has 7 heteroatoms. The Bertz CT molecular complexity index is 616. The van der Waals surface area contributed by atoms with Gasteiger partial charge in [-0.25, -0.2) is 0 Å². The van der Waals surface area contributed by atoms with Gasteiger partial charge >= 0.3 is 0 Å². The molecule has 3 N–H and O–H groups in total. The number of anilines is 2. The molecule has 3 rings (SSSR count). The van der Waals surface area contributed by atoms with E-state index in [1.165, 1.54) is 6.07 Å². The number of nitrogens with two attached hydrogens (primary N) is 1. The van der Waals surface area contributed by atoms with Gasteiger partial charge < -0.3 is 16.0 Å². The normalized spacial score (nSPS) is 24.1. The number of hydrogen-bond acceptors (Lipinski definition) is 5. The van der Waals surface area contributed by atoms with Crippen molar-refractivity contribution in [2.24, 2.45) is 11.7 Å². The summed E-state index contributed by atoms with van der Waals surface area (Å²) in [5.74, 6) is 0.230. The zero-order valence-corrected chi connectivity index (χ0v) is 11.8. The monoisotopic (exact) mass is 290 g/mol. The predicted molar refractivity (Wildman–Crippen MR) is 79.4 cm³/mol. The Kier molecular flexibility index (Phi) is 3.29. The van der Waals surface area contributed by atoms with Crippen LogP contribution in [0, 0.1) is 16.0 Å². The number of nitrogens with zero attached hydrogens (tertiary/aromatic N) is 2. The van der Waals surface area contributed by atoms with Gasteiger partial charge in [0.25, 0.3) is 5.69 Å². The molecule has 0 aliphatic carbocycles. The van der Waals surface area contributed by atoms with E-state index >= 15 is 0 Å². The number of nitro benzene ring substituents is 1. The van der Waals surface area contributed by atoms with Crippen LogP contribution in [0.25, 0.3) is 0 Å². The highest BCUT2D eigenvalue weighted by molar-refractivity contribution is 6.00. The van der Waals surface area contributed by atoms with Crippen molar-refractivity contribution in [3.63, 3.8) is 0 Å². The molecule has 2 aliphatic rings. The maximum absolute atomic E-state index is 11.5. The van der Waals surface area contributed by atoms with E-state index in [0.717, 1.165) is 6.42 Å². The smallest absolute Gasteiger partial charge is 0.292 e. The zero-order valence-electron chi connectivity index (χ0n) is 11.8. The van der Waals surface area contributed by atoms with Crippen molar-refractivity contribution in [1.82, 2.24) is 0 Å². The number of fused-ring (bicyclic) bond motifs is 1. The van der Waals surface area contributed by atoms with Crippen molar-refractivity contribution < 1.29 is 9.72 Å². The van der Waals surface area contributed by atoms with Crippen LogP contribution in [0.1, 0.15) is 18.9 Å². The molecule has 0 radical (unpaired) electrons. The van der Waals surface area contributed by atoms with E-state index in [4.69, 9.17) is 5.73 Å². The van der Waals surface area contributed by atoms with E-state index in [-0.39, 0.29) is 29.0 Å². The summed E-state index contributed by atoms with van der Waals surface area (Å²) >= 11 is 0. The molecule has 2 heterocycles. The minimum absolute atomic E-state index is 0.0646. The second-order valence-corrected chi connectivity index (χ2v) is 5.82. The number of benzene rings is 1. The summed E-state index contributed by atoms with van der Waals surface area (Å²) < 4.78 is 0. The summed E-state index contributed by atoms with van der Waals surface area (Å²) in [6, 6.07) is 3.45. The molecule has 1 aromatic carbocycles. The maximum Gasteiger partial charge on any atom is 0.292 e. The van der Waals surface area contributed by atoms with Crippen LogP contribution < -0.4 is 16.0 Å². The fourth-order valence-electron chi connectivity index (χ4n) is 3.28. The van der Waals surface area contributed by atoms with E-state index < -0.39 is 0 Å². The Morgan fingerprint density at radius 3 is 2.90 bits per heavy atom. The van der Waals surface area contributed by atoms with Crippen LogP contribution in [0.5, 0.6) is 0 Å². The maximum atomic E-state index is 11.5. The van der Waals surface area contributed by atoms with Gasteiger partial charge in [0.05, 0.1) is 11.3 Å². The highest BCUT2D eigenvalue weighted by atomic mass is 16.6. The molecule has 112 valence electrons. The van der Waals surface area contributed by atoms with Crippen molar-refractivity contribution in [1.29, 1.82) is 0 Å². The van der Waals surface area contributed by atoms with Crippen LogP contribution in [0.2, 0.25) is 0 Å². The van der Waals surface area contributed by atoms with Crippen molar-refractivity contribution in [3.8, 4) is 0 Å². The topological polar surface area (TPSA) is 102 Å². The highest BCUT2D eigenvalue weighted by Crippen LogP contribution is 2.40. The molecule has 0 bridgehead atoms. The first-order valence-corrected chi connectivity index (χ1v) is 7.07. The lowest BCUT2D eigenvalue weighted by molar-refractivity contribution is -0.384. The molecular weight excluding hydrogens is 272 g/mol. The average Bonchev–Trinajstić information content (AvgIpc) is 2.98. The molecule has 2 unspecified atom stereocenters. The Morgan fingerprint density at radius 1 is 1.52 bits per heavy atom. The van der Waals surface area contributed by atoms with Crippen LogP contribution in [0.3, 0.4) is 0 Å². The zero-order chi connectivity index (χ0) is 15.1. The van der Waals surface area contributed by atoms with Crippen LogP contribution >= 0.6 is 0 Å². The first kappa shape index (κ1) is 13.8. The summed E-state index contributed by atoms with van der Waals surface area (Å²) in [6.45, 7) is 3.34. The van der Waals surface area contributed by atoms with Crippen molar-refractivity contribution in [2.45, 2.75) is 25.8 Å². The third kappa shape index (κ3) is 2.33. The van der Waals surface area contributed by atoms with Gasteiger partial charge in [0.2, 0.25) is 5.91 Å². The Labute approximate surface area is 122 Å². The largest absolute Gasteiger partial charge is 0.363 e. The van der Waals surface area contributed by atoms with Gasteiger partial charge in [0, 0.05) is 24.3 Å². The number of carbonyl (C=O) groups is 1. The third-order valence-electron chi connectivity index (χ3n) is 4.33. The molecule has 0 spiro atoms. The van der Waals surface area contributed by atoms with Gasteiger partial charge in [-0.2, -0.15) is 0 Å². The lowest BCUT2D eigenvalue weighted by atomic mass is 10.1. The minimum Gasteiger partial charge on any atom is -0.363 e. The summed E-state index contributed by atoms with van der Waals surface area (Å²) in [4.78, 5) is 24.5. The van der Waals surface area contributed by atoms with Gasteiger partial charge in [-0.1, -0.05) is 0 Å². The van der Waals surface area contributed by atoms with E-state index in [9.17, 15) is 14.9 Å². The second kappa shape index (κ2) is 5.00. The highest BCUT2D eigenvalue weighted by Gasteiger charge is 2.34. The van der Waals surface area contributed by atoms with E-state index in [1.54, 1.807) is 6.07 Å². The number of nitro groups is 1. The quantitative estimate of drug-likeness (QED) is 0.644. The molecule has 1 fully saturated rings. The third-order valence-corrected chi connectivity index (χ3v) is 4.33. The first-order chi connectivity index (χ1) is 9.99. The molecule has 21 heavy (non-hydrogen) atoms. The van der Waals surface area contributed by atoms with Gasteiger partial charge in [-0.3, -0.25) is 14.9 Å². The first-order valence-electron chi connectivity index (χ1n) is 7.07. The molecule has 1 amide bonds. The molecule has 7 nitrogen and oxygen atoms in total. The average molecular weight is 290 g/mol. The standard InChI is InChI=1S/C14H18N4O3/c1-8-2-9(6-15)7-17(8)12-5-11-10(4-14(19)16-11)3-13(12)18(20)21/h3,5,8-9H,2,4,6-7,15H2,1H3,(H,16,19). The van der Waals surface area contributed by atoms with Crippen LogP contribution in [0.15, 0.2) is 12.1 Å². The van der Waals surface area contributed by atoms with Gasteiger partial charge in [0.1, 0.15) is 5.69 Å². The number of hydrogen-bond donors (Lipinski definition) is 2. The van der Waals surface area contributed by atoms with Crippen LogP contribution in [-0.2, 0) is 11.2 Å². The van der Waals surface area contributed by atoms with E-state index in [1.807, 2.05) is 11.8 Å². The van der Waals surface area contributed by atoms with E-state index in [0.29, 0.717) is 35.9 Å². The summed E-state index contributed by atoms with van der Waals surface area (Å²) in [7, 11) is 0. The molecule has 2 atom stereocenters. The summed E-state index contributed by atoms with van der Waals surface area (Å²) in [5.41, 5.74) is 7.74. The molecule has 0 aromatic heterocycles. The van der Waals surface area contributed by atoms with Gasteiger partial charge in [-0.15, -0.1) is 0 Å². The van der Waals surface area contributed by atoms with Crippen molar-refractivity contribution >= 4 is 23.0 Å². The Hall–Kier alpha value is -2.15. The molecule has 2 aliphatic heterocycles. The Balaban J connectivity index is 2.03. The molecule has 1 saturated heterocycles. The fraction of sp³-hybridized carbons (Fsp3) is 0.500. The molecule has 1 aromatic rings. The van der Waals surface area contributed by atoms with Crippen molar-refractivity contribution in [2.75, 3.05) is 23.3 Å². The minimum atomic E-state index is -0.374. The summed E-state index contributed by atoms with van der Waals surface area (Å²) in [5, 5.41) is 14.1. The fourth-order valence-corrected chi connectivity index (χ4v) is 3.28. The van der Waals surface area contributed by atoms with E-state index in [2.05, 4.69) is 5.32 Å². The van der Waals surface area contributed by atoms with Crippen LogP contribution in [0.4, 0.5) is 17.1 Å². The van der Waals surface area contributed by atoms with Gasteiger partial charge in [0.15, 0.2) is 0 Å². The predicted octanol–water partition coefficient (Wildman–Crippen LogP) is 1.26. The lowest BCUT2D eigenvalue weighted by Gasteiger charge is -2.24. The van der Waals surface area contributed by atoms with Gasteiger partial charge in [-0.05, 0) is 37.4 Å². The number of nitrogens with one attached hydrogen (secondary N) is 1.